The number of amidine groups is 1. The molecular formula is C24H30N4O3. The highest BCUT2D eigenvalue weighted by Gasteiger charge is 2.16. The lowest BCUT2D eigenvalue weighted by atomic mass is 9.92. The van der Waals surface area contributed by atoms with E-state index >= 15 is 0 Å². The Morgan fingerprint density at radius 1 is 1.03 bits per heavy atom. The van der Waals surface area contributed by atoms with Gasteiger partial charge in [0.1, 0.15) is 6.61 Å². The van der Waals surface area contributed by atoms with E-state index in [2.05, 4.69) is 39.5 Å². The fourth-order valence-corrected chi connectivity index (χ4v) is 4.03. The van der Waals surface area contributed by atoms with E-state index in [1.807, 2.05) is 18.2 Å². The molecule has 0 saturated carbocycles. The number of rotatable bonds is 3. The van der Waals surface area contributed by atoms with Crippen molar-refractivity contribution in [2.75, 3.05) is 38.2 Å². The molecule has 3 aliphatic rings. The molecule has 0 bridgehead atoms. The van der Waals surface area contributed by atoms with Gasteiger partial charge in [-0.25, -0.2) is 0 Å². The number of fused-ring (bicyclic) bond motifs is 2. The van der Waals surface area contributed by atoms with Gasteiger partial charge >= 0.3 is 0 Å². The lowest BCUT2D eigenvalue weighted by Crippen LogP contribution is -2.41. The van der Waals surface area contributed by atoms with Crippen molar-refractivity contribution in [2.45, 2.75) is 32.3 Å². The van der Waals surface area contributed by atoms with Gasteiger partial charge in [-0.2, -0.15) is 4.99 Å². The van der Waals surface area contributed by atoms with E-state index in [-0.39, 0.29) is 11.9 Å². The number of nitrogens with zero attached hydrogens (tertiary/aromatic N) is 2. The number of hydrogen-bond acceptors (Lipinski definition) is 6. The van der Waals surface area contributed by atoms with Crippen LogP contribution in [0.15, 0.2) is 47.5 Å². The molecule has 1 amide bonds. The molecule has 0 atom stereocenters. The summed E-state index contributed by atoms with van der Waals surface area (Å²) in [4.78, 5) is 18.2. The highest BCUT2D eigenvalue weighted by atomic mass is 16.5. The quantitative estimate of drug-likeness (QED) is 0.794. The van der Waals surface area contributed by atoms with Crippen LogP contribution in [0.2, 0.25) is 0 Å². The van der Waals surface area contributed by atoms with Crippen molar-refractivity contribution >= 4 is 23.3 Å². The van der Waals surface area contributed by atoms with Crippen LogP contribution in [0, 0.1) is 0 Å². The summed E-state index contributed by atoms with van der Waals surface area (Å²) in [6, 6.07) is 14.5. The van der Waals surface area contributed by atoms with Crippen LogP contribution < -0.4 is 11.1 Å². The van der Waals surface area contributed by atoms with Crippen LogP contribution in [0.5, 0.6) is 0 Å². The Balaban J connectivity index is 0.000000192. The summed E-state index contributed by atoms with van der Waals surface area (Å²) in [6.07, 6.45) is 5.38. The minimum atomic E-state index is -0.0309. The van der Waals surface area contributed by atoms with Crippen molar-refractivity contribution in [3.63, 3.8) is 0 Å². The topological polar surface area (TPSA) is 89.2 Å². The van der Waals surface area contributed by atoms with Gasteiger partial charge in [-0.15, -0.1) is 0 Å². The van der Waals surface area contributed by atoms with E-state index in [1.54, 1.807) is 11.1 Å². The number of morpholine rings is 1. The number of amides is 1. The van der Waals surface area contributed by atoms with E-state index in [0.717, 1.165) is 30.0 Å². The first-order valence-corrected chi connectivity index (χ1v) is 10.9. The molecule has 2 aromatic rings. The molecule has 5 rings (SSSR count). The number of benzene rings is 2. The van der Waals surface area contributed by atoms with Crippen LogP contribution in [0.25, 0.3) is 0 Å². The van der Waals surface area contributed by atoms with Crippen molar-refractivity contribution in [1.82, 2.24) is 4.90 Å². The number of carbonyl (C=O) groups excluding carboxylic acids is 1. The molecule has 31 heavy (non-hydrogen) atoms. The zero-order chi connectivity index (χ0) is 21.5. The maximum atomic E-state index is 12.0. The van der Waals surface area contributed by atoms with Crippen LogP contribution in [0.4, 0.5) is 11.4 Å². The van der Waals surface area contributed by atoms with E-state index < -0.39 is 0 Å². The first kappa shape index (κ1) is 21.3. The third kappa shape index (κ3) is 6.06. The van der Waals surface area contributed by atoms with E-state index in [4.69, 9.17) is 15.2 Å². The van der Waals surface area contributed by atoms with Gasteiger partial charge in [0, 0.05) is 24.3 Å². The minimum absolute atomic E-state index is 0.0309. The summed E-state index contributed by atoms with van der Waals surface area (Å²) in [5, 5.41) is 2.89. The molecule has 0 radical (unpaired) electrons. The van der Waals surface area contributed by atoms with Crippen LogP contribution in [-0.4, -0.2) is 49.7 Å². The molecule has 0 aromatic heterocycles. The SMILES string of the molecule is NC1=Nc2ccc(NC(=O)CN3CCOCC3)cc2CO1.c1ccc2c(c1)CCCC2. The number of nitrogens with two attached hydrogens (primary N) is 1. The summed E-state index contributed by atoms with van der Waals surface area (Å²) >= 11 is 0. The number of anilines is 1. The number of hydrogen-bond donors (Lipinski definition) is 2. The van der Waals surface area contributed by atoms with Gasteiger partial charge in [0.25, 0.3) is 6.02 Å². The predicted octanol–water partition coefficient (Wildman–Crippen LogP) is 3.00. The van der Waals surface area contributed by atoms with E-state index in [0.29, 0.717) is 26.4 Å². The molecule has 164 valence electrons. The molecule has 7 heteroatoms. The fourth-order valence-electron chi connectivity index (χ4n) is 4.03. The average Bonchev–Trinajstić information content (AvgIpc) is 2.80. The molecule has 7 nitrogen and oxygen atoms in total. The molecule has 2 aliphatic heterocycles. The molecule has 1 aliphatic carbocycles. The van der Waals surface area contributed by atoms with Crippen LogP contribution in [-0.2, 0) is 33.7 Å². The lowest BCUT2D eigenvalue weighted by Gasteiger charge is -2.25. The summed E-state index contributed by atoms with van der Waals surface area (Å²) < 4.78 is 10.4. The molecule has 0 spiro atoms. The Morgan fingerprint density at radius 3 is 2.45 bits per heavy atom. The second-order valence-electron chi connectivity index (χ2n) is 7.99. The highest BCUT2D eigenvalue weighted by molar-refractivity contribution is 5.92. The Bertz CT molecular complexity index is 913. The zero-order valence-corrected chi connectivity index (χ0v) is 17.8. The monoisotopic (exact) mass is 422 g/mol. The second kappa shape index (κ2) is 10.4. The molecule has 1 saturated heterocycles. The zero-order valence-electron chi connectivity index (χ0n) is 17.8. The third-order valence-electron chi connectivity index (χ3n) is 5.70. The van der Waals surface area contributed by atoms with Gasteiger partial charge in [0.05, 0.1) is 25.4 Å². The number of aryl methyl sites for hydroxylation is 2. The summed E-state index contributed by atoms with van der Waals surface area (Å²) in [6.45, 7) is 3.70. The van der Waals surface area contributed by atoms with Gasteiger partial charge in [-0.1, -0.05) is 24.3 Å². The normalized spacial score (nSPS) is 17.7. The smallest absolute Gasteiger partial charge is 0.287 e. The maximum Gasteiger partial charge on any atom is 0.287 e. The first-order chi connectivity index (χ1) is 15.2. The highest BCUT2D eigenvalue weighted by Crippen LogP contribution is 2.27. The predicted molar refractivity (Wildman–Crippen MR) is 121 cm³/mol. The first-order valence-electron chi connectivity index (χ1n) is 10.9. The number of carbonyl (C=O) groups is 1. The third-order valence-corrected chi connectivity index (χ3v) is 5.70. The van der Waals surface area contributed by atoms with Crippen LogP contribution in [0.1, 0.15) is 29.5 Å². The summed E-state index contributed by atoms with van der Waals surface area (Å²) in [5.74, 6) is -0.0309. The second-order valence-corrected chi connectivity index (χ2v) is 7.99. The summed E-state index contributed by atoms with van der Waals surface area (Å²) in [7, 11) is 0. The Morgan fingerprint density at radius 2 is 1.74 bits per heavy atom. The Hall–Kier alpha value is -2.90. The van der Waals surface area contributed by atoms with Crippen molar-refractivity contribution in [1.29, 1.82) is 0 Å². The van der Waals surface area contributed by atoms with E-state index in [9.17, 15) is 4.79 Å². The van der Waals surface area contributed by atoms with Crippen LogP contribution in [0.3, 0.4) is 0 Å². The van der Waals surface area contributed by atoms with Gasteiger partial charge in [0.15, 0.2) is 0 Å². The van der Waals surface area contributed by atoms with E-state index in [1.165, 1.54) is 25.7 Å². The standard InChI is InChI=1S/C14H18N4O3.C10H12/c15-14-17-12-2-1-11(7-10(12)9-21-14)16-13(19)8-18-3-5-20-6-4-18;1-2-6-10-8-4-3-7-9(10)5-1/h1-2,7H,3-6,8-9H2,(H2,15,17)(H,16,19);1-2,5-6H,3-4,7-8H2. The van der Waals surface area contributed by atoms with Gasteiger partial charge in [0.2, 0.25) is 5.91 Å². The number of nitrogens with one attached hydrogen (secondary N) is 1. The van der Waals surface area contributed by atoms with Crippen molar-refractivity contribution in [3.05, 3.63) is 59.2 Å². The molecule has 0 unspecified atom stereocenters. The lowest BCUT2D eigenvalue weighted by molar-refractivity contribution is -0.118. The van der Waals surface area contributed by atoms with Gasteiger partial charge in [-0.05, 0) is 55.0 Å². The van der Waals surface area contributed by atoms with Crippen LogP contribution >= 0.6 is 0 Å². The molecular weight excluding hydrogens is 392 g/mol. The molecule has 2 heterocycles. The van der Waals surface area contributed by atoms with Crippen molar-refractivity contribution in [3.8, 4) is 0 Å². The Labute approximate surface area is 183 Å². The molecule has 1 fully saturated rings. The number of ether oxygens (including phenoxy) is 2. The van der Waals surface area contributed by atoms with Gasteiger partial charge < -0.3 is 20.5 Å². The Kier molecular flexibility index (Phi) is 7.17. The average molecular weight is 423 g/mol. The number of aliphatic imine (C=N–C) groups is 1. The molecule has 2 aromatic carbocycles. The summed E-state index contributed by atoms with van der Waals surface area (Å²) in [5.41, 5.74) is 11.1. The molecule has 3 N–H and O–H groups in total. The van der Waals surface area contributed by atoms with Gasteiger partial charge in [-0.3, -0.25) is 9.69 Å². The largest absolute Gasteiger partial charge is 0.460 e. The van der Waals surface area contributed by atoms with Crippen molar-refractivity contribution < 1.29 is 14.3 Å². The van der Waals surface area contributed by atoms with Crippen molar-refractivity contribution in [2.24, 2.45) is 10.7 Å². The minimum Gasteiger partial charge on any atom is -0.460 e. The fraction of sp³-hybridized carbons (Fsp3) is 0.417. The maximum absolute atomic E-state index is 12.0.